The van der Waals surface area contributed by atoms with E-state index in [0.717, 1.165) is 0 Å². The molecule has 0 heterocycles. The molecule has 0 aliphatic carbocycles. The van der Waals surface area contributed by atoms with Crippen LogP contribution in [0.15, 0.2) is 0 Å². The van der Waals surface area contributed by atoms with E-state index >= 15 is 0 Å². The summed E-state index contributed by atoms with van der Waals surface area (Å²) in [5, 5.41) is 0. The Hall–Kier alpha value is 0.170. The summed E-state index contributed by atoms with van der Waals surface area (Å²) in [7, 11) is 1.71. The first-order chi connectivity index (χ1) is 4.90. The molecule has 0 amide bonds. The molecule has 0 unspecified atom stereocenters. The Bertz CT molecular complexity index is 117. The maximum Gasteiger partial charge on any atom is 0.251 e. The highest BCUT2D eigenvalue weighted by atomic mass is 32.2. The first kappa shape index (κ1) is 11.2. The molecule has 0 aliphatic heterocycles. The summed E-state index contributed by atoms with van der Waals surface area (Å²) >= 11 is 1.57. The SMILES string of the molecule is CSC(C)(C)N(C)CC(F)F. The van der Waals surface area contributed by atoms with Crippen molar-refractivity contribution >= 4 is 11.8 Å². The van der Waals surface area contributed by atoms with Gasteiger partial charge in [-0.2, -0.15) is 0 Å². The molecule has 0 aliphatic rings. The minimum atomic E-state index is -2.24. The molecule has 0 radical (unpaired) electrons. The summed E-state index contributed by atoms with van der Waals surface area (Å²) in [6, 6.07) is 0. The van der Waals surface area contributed by atoms with Crippen molar-refractivity contribution < 1.29 is 8.78 Å². The quantitative estimate of drug-likeness (QED) is 0.615. The fraction of sp³-hybridized carbons (Fsp3) is 1.00. The molecule has 0 fully saturated rings. The molecule has 0 aromatic rings. The van der Waals surface area contributed by atoms with E-state index in [0.29, 0.717) is 0 Å². The van der Waals surface area contributed by atoms with E-state index in [1.807, 2.05) is 20.1 Å². The van der Waals surface area contributed by atoms with Crippen LogP contribution in [0.1, 0.15) is 13.8 Å². The van der Waals surface area contributed by atoms with Crippen molar-refractivity contribution in [3.05, 3.63) is 0 Å². The van der Waals surface area contributed by atoms with Gasteiger partial charge in [-0.3, -0.25) is 4.90 Å². The fourth-order valence-corrected chi connectivity index (χ4v) is 0.969. The molecule has 0 N–H and O–H groups in total. The number of nitrogens with zero attached hydrogens (tertiary/aromatic N) is 1. The third kappa shape index (κ3) is 3.91. The maximum atomic E-state index is 11.9. The van der Waals surface area contributed by atoms with Gasteiger partial charge in [0.15, 0.2) is 0 Å². The minimum absolute atomic E-state index is 0.159. The standard InChI is InChI=1S/C7H15F2NS/c1-7(2,11-4)10(3)5-6(8)9/h6H,5H2,1-4H3. The van der Waals surface area contributed by atoms with Gasteiger partial charge in [0.2, 0.25) is 0 Å². The molecule has 0 rings (SSSR count). The van der Waals surface area contributed by atoms with Crippen LogP contribution in [0, 0.1) is 0 Å². The third-order valence-electron chi connectivity index (χ3n) is 1.83. The van der Waals surface area contributed by atoms with Gasteiger partial charge in [-0.15, -0.1) is 11.8 Å². The van der Waals surface area contributed by atoms with Gasteiger partial charge < -0.3 is 0 Å². The summed E-state index contributed by atoms with van der Waals surface area (Å²) in [6.45, 7) is 3.70. The van der Waals surface area contributed by atoms with Gasteiger partial charge in [0, 0.05) is 0 Å². The van der Waals surface area contributed by atoms with Crippen molar-refractivity contribution in [3.8, 4) is 0 Å². The Balaban J connectivity index is 3.90. The second kappa shape index (κ2) is 4.26. The average Bonchev–Trinajstić information content (AvgIpc) is 1.86. The zero-order valence-electron chi connectivity index (χ0n) is 7.40. The van der Waals surface area contributed by atoms with Crippen LogP contribution in [0.25, 0.3) is 0 Å². The van der Waals surface area contributed by atoms with Gasteiger partial charge >= 0.3 is 0 Å². The average molecular weight is 183 g/mol. The zero-order valence-corrected chi connectivity index (χ0v) is 8.21. The van der Waals surface area contributed by atoms with Crippen molar-refractivity contribution in [1.29, 1.82) is 0 Å². The van der Waals surface area contributed by atoms with E-state index < -0.39 is 6.43 Å². The largest absolute Gasteiger partial charge is 0.287 e. The molecular weight excluding hydrogens is 168 g/mol. The molecule has 0 bridgehead atoms. The van der Waals surface area contributed by atoms with Gasteiger partial charge in [-0.05, 0) is 27.2 Å². The summed E-state index contributed by atoms with van der Waals surface area (Å²) in [4.78, 5) is 1.46. The number of thioether (sulfide) groups is 1. The predicted octanol–water partition coefficient (Wildman–Crippen LogP) is 2.28. The van der Waals surface area contributed by atoms with Crippen LogP contribution in [0.4, 0.5) is 8.78 Å². The first-order valence-corrected chi connectivity index (χ1v) is 4.67. The van der Waals surface area contributed by atoms with Gasteiger partial charge in [0.05, 0.1) is 11.4 Å². The van der Waals surface area contributed by atoms with E-state index in [-0.39, 0.29) is 11.4 Å². The Morgan fingerprint density at radius 3 is 2.18 bits per heavy atom. The summed E-state index contributed by atoms with van der Waals surface area (Å²) < 4.78 is 23.8. The highest BCUT2D eigenvalue weighted by Crippen LogP contribution is 2.24. The Morgan fingerprint density at radius 2 is 1.91 bits per heavy atom. The Kier molecular flexibility index (Phi) is 4.32. The minimum Gasteiger partial charge on any atom is -0.287 e. The second-order valence-electron chi connectivity index (χ2n) is 2.92. The Morgan fingerprint density at radius 1 is 1.45 bits per heavy atom. The summed E-state index contributed by atoms with van der Waals surface area (Å²) in [5.41, 5.74) is 0. The maximum absolute atomic E-state index is 11.9. The number of halogens is 2. The van der Waals surface area contributed by atoms with Gasteiger partial charge in [0.25, 0.3) is 6.43 Å². The summed E-state index contributed by atoms with van der Waals surface area (Å²) in [5.74, 6) is 0. The molecule has 0 aromatic heterocycles. The van der Waals surface area contributed by atoms with E-state index in [1.54, 1.807) is 23.7 Å². The van der Waals surface area contributed by atoms with Crippen LogP contribution in [0.5, 0.6) is 0 Å². The molecule has 68 valence electrons. The normalized spacial score (nSPS) is 13.1. The molecular formula is C7H15F2NS. The Labute approximate surface area is 71.1 Å². The monoisotopic (exact) mass is 183 g/mol. The number of hydrogen-bond acceptors (Lipinski definition) is 2. The van der Waals surface area contributed by atoms with E-state index in [1.165, 1.54) is 0 Å². The van der Waals surface area contributed by atoms with Gasteiger partial charge in [-0.25, -0.2) is 8.78 Å². The second-order valence-corrected chi connectivity index (χ2v) is 4.33. The number of alkyl halides is 2. The van der Waals surface area contributed by atoms with E-state index in [2.05, 4.69) is 0 Å². The zero-order chi connectivity index (χ0) is 9.07. The molecule has 0 aromatic carbocycles. The molecule has 0 saturated heterocycles. The molecule has 11 heavy (non-hydrogen) atoms. The highest BCUT2D eigenvalue weighted by Gasteiger charge is 2.23. The predicted molar refractivity (Wildman–Crippen MR) is 46.2 cm³/mol. The lowest BCUT2D eigenvalue weighted by atomic mass is 10.3. The molecule has 1 nitrogen and oxygen atoms in total. The van der Waals surface area contributed by atoms with Crippen LogP contribution in [-0.4, -0.2) is 36.0 Å². The van der Waals surface area contributed by atoms with Crippen LogP contribution in [0.2, 0.25) is 0 Å². The van der Waals surface area contributed by atoms with Crippen molar-refractivity contribution in [2.24, 2.45) is 0 Å². The topological polar surface area (TPSA) is 3.24 Å². The van der Waals surface area contributed by atoms with E-state index in [4.69, 9.17) is 0 Å². The highest BCUT2D eigenvalue weighted by molar-refractivity contribution is 7.99. The van der Waals surface area contributed by atoms with Gasteiger partial charge in [0.1, 0.15) is 0 Å². The van der Waals surface area contributed by atoms with Crippen LogP contribution in [0.3, 0.4) is 0 Å². The first-order valence-electron chi connectivity index (χ1n) is 3.44. The van der Waals surface area contributed by atoms with Crippen molar-refractivity contribution in [2.75, 3.05) is 19.8 Å². The summed E-state index contributed by atoms with van der Waals surface area (Å²) in [6.07, 6.45) is -0.325. The number of rotatable bonds is 4. The lowest BCUT2D eigenvalue weighted by molar-refractivity contribution is 0.0803. The van der Waals surface area contributed by atoms with Crippen LogP contribution >= 0.6 is 11.8 Å². The van der Waals surface area contributed by atoms with Gasteiger partial charge in [-0.1, -0.05) is 0 Å². The van der Waals surface area contributed by atoms with Crippen molar-refractivity contribution in [1.82, 2.24) is 4.90 Å². The van der Waals surface area contributed by atoms with E-state index in [9.17, 15) is 8.78 Å². The van der Waals surface area contributed by atoms with Crippen LogP contribution < -0.4 is 0 Å². The smallest absolute Gasteiger partial charge is 0.251 e. The lowest BCUT2D eigenvalue weighted by Gasteiger charge is -2.33. The third-order valence-corrected chi connectivity index (χ3v) is 3.14. The van der Waals surface area contributed by atoms with Crippen LogP contribution in [-0.2, 0) is 0 Å². The molecule has 4 heteroatoms. The molecule has 0 atom stereocenters. The van der Waals surface area contributed by atoms with Crippen molar-refractivity contribution in [3.63, 3.8) is 0 Å². The molecule has 0 saturated carbocycles. The fourth-order valence-electron chi connectivity index (χ4n) is 0.583. The number of hydrogen-bond donors (Lipinski definition) is 0. The molecule has 0 spiro atoms. The van der Waals surface area contributed by atoms with Crippen molar-refractivity contribution in [2.45, 2.75) is 25.1 Å². The lowest BCUT2D eigenvalue weighted by Crippen LogP contribution is -2.40.